The van der Waals surface area contributed by atoms with E-state index in [1.54, 1.807) is 7.11 Å². The lowest BCUT2D eigenvalue weighted by Gasteiger charge is -2.35. The van der Waals surface area contributed by atoms with Crippen LogP contribution in [0.3, 0.4) is 0 Å². The summed E-state index contributed by atoms with van der Waals surface area (Å²) in [5.74, 6) is 0.753. The SMILES string of the molecule is CCCCCCOC(=O)C1(c2ccc(OC)cc2)CC=C(C2=CCCCC2)CC1. The number of carbonyl (C=O) groups is 1. The van der Waals surface area contributed by atoms with Crippen LogP contribution in [0.15, 0.2) is 47.6 Å². The highest BCUT2D eigenvalue weighted by molar-refractivity contribution is 5.84. The minimum Gasteiger partial charge on any atom is -0.497 e. The Morgan fingerprint density at radius 2 is 1.79 bits per heavy atom. The van der Waals surface area contributed by atoms with Crippen molar-refractivity contribution in [3.63, 3.8) is 0 Å². The van der Waals surface area contributed by atoms with Gasteiger partial charge in [0.25, 0.3) is 0 Å². The van der Waals surface area contributed by atoms with Crippen LogP contribution in [0.2, 0.25) is 0 Å². The zero-order valence-electron chi connectivity index (χ0n) is 18.2. The van der Waals surface area contributed by atoms with Crippen molar-refractivity contribution in [2.45, 2.75) is 83.0 Å². The first kappa shape index (κ1) is 21.7. The standard InChI is InChI=1S/C26H36O3/c1-3-4-5-9-20-29-25(27)26(23-12-14-24(28-2)15-13-23)18-16-22(17-19-26)21-10-7-6-8-11-21/h10,12-16H,3-9,11,17-20H2,1-2H3. The lowest BCUT2D eigenvalue weighted by Crippen LogP contribution is -2.39. The van der Waals surface area contributed by atoms with E-state index in [9.17, 15) is 4.79 Å². The Labute approximate surface area is 176 Å². The van der Waals surface area contributed by atoms with Crippen molar-refractivity contribution in [2.24, 2.45) is 0 Å². The fourth-order valence-corrected chi connectivity index (χ4v) is 4.58. The van der Waals surface area contributed by atoms with Crippen molar-refractivity contribution in [3.8, 4) is 5.75 Å². The van der Waals surface area contributed by atoms with Gasteiger partial charge < -0.3 is 9.47 Å². The van der Waals surface area contributed by atoms with Crippen LogP contribution in [0.1, 0.15) is 83.1 Å². The van der Waals surface area contributed by atoms with Crippen molar-refractivity contribution < 1.29 is 14.3 Å². The van der Waals surface area contributed by atoms with Gasteiger partial charge in [-0.25, -0.2) is 0 Å². The van der Waals surface area contributed by atoms with Crippen LogP contribution in [0, 0.1) is 0 Å². The van der Waals surface area contributed by atoms with Gasteiger partial charge >= 0.3 is 5.97 Å². The number of rotatable bonds is 9. The van der Waals surface area contributed by atoms with Gasteiger partial charge in [-0.2, -0.15) is 0 Å². The zero-order chi connectivity index (χ0) is 20.5. The number of hydrogen-bond acceptors (Lipinski definition) is 3. The molecule has 1 atom stereocenters. The van der Waals surface area contributed by atoms with Crippen molar-refractivity contribution in [1.29, 1.82) is 0 Å². The van der Waals surface area contributed by atoms with Crippen molar-refractivity contribution in [3.05, 3.63) is 53.1 Å². The number of benzene rings is 1. The predicted octanol–water partition coefficient (Wildman–Crippen LogP) is 6.67. The molecule has 0 saturated heterocycles. The van der Waals surface area contributed by atoms with E-state index in [2.05, 4.69) is 19.1 Å². The Hall–Kier alpha value is -2.03. The summed E-state index contributed by atoms with van der Waals surface area (Å²) in [7, 11) is 1.67. The lowest BCUT2D eigenvalue weighted by molar-refractivity contribution is -0.151. The van der Waals surface area contributed by atoms with E-state index in [1.807, 2.05) is 24.3 Å². The van der Waals surface area contributed by atoms with Crippen molar-refractivity contribution in [2.75, 3.05) is 13.7 Å². The maximum absolute atomic E-state index is 13.3. The second-order valence-electron chi connectivity index (χ2n) is 8.42. The first-order valence-electron chi connectivity index (χ1n) is 11.4. The van der Waals surface area contributed by atoms with Crippen LogP contribution < -0.4 is 4.74 Å². The molecular weight excluding hydrogens is 360 g/mol. The minimum atomic E-state index is -0.574. The molecule has 0 fully saturated rings. The Balaban J connectivity index is 1.77. The van der Waals surface area contributed by atoms with E-state index < -0.39 is 5.41 Å². The molecule has 0 amide bonds. The van der Waals surface area contributed by atoms with E-state index in [4.69, 9.17) is 9.47 Å². The molecule has 1 aromatic rings. The van der Waals surface area contributed by atoms with Gasteiger partial charge in [-0.3, -0.25) is 4.79 Å². The number of ether oxygens (including phenoxy) is 2. The maximum Gasteiger partial charge on any atom is 0.316 e. The van der Waals surface area contributed by atoms with E-state index in [0.717, 1.165) is 43.4 Å². The number of unbranched alkanes of at least 4 members (excludes halogenated alkanes) is 3. The average molecular weight is 397 g/mol. The molecule has 0 aromatic heterocycles. The highest BCUT2D eigenvalue weighted by Gasteiger charge is 2.42. The molecule has 0 N–H and O–H groups in total. The first-order valence-corrected chi connectivity index (χ1v) is 11.4. The Bertz CT molecular complexity index is 729. The van der Waals surface area contributed by atoms with E-state index >= 15 is 0 Å². The topological polar surface area (TPSA) is 35.5 Å². The molecule has 2 aliphatic rings. The highest BCUT2D eigenvalue weighted by atomic mass is 16.5. The molecule has 3 rings (SSSR count). The van der Waals surface area contributed by atoms with Gasteiger partial charge in [-0.05, 0) is 80.2 Å². The van der Waals surface area contributed by atoms with Crippen LogP contribution in [-0.4, -0.2) is 19.7 Å². The van der Waals surface area contributed by atoms with Gasteiger partial charge in [0.2, 0.25) is 0 Å². The second kappa shape index (κ2) is 10.7. The average Bonchev–Trinajstić information content (AvgIpc) is 2.79. The van der Waals surface area contributed by atoms with Crippen molar-refractivity contribution in [1.82, 2.24) is 0 Å². The number of carbonyl (C=O) groups excluding carboxylic acids is 1. The Morgan fingerprint density at radius 1 is 1.00 bits per heavy atom. The number of methoxy groups -OCH3 is 1. The monoisotopic (exact) mass is 396 g/mol. The van der Waals surface area contributed by atoms with Crippen LogP contribution in [0.25, 0.3) is 0 Å². The second-order valence-corrected chi connectivity index (χ2v) is 8.42. The third-order valence-corrected chi connectivity index (χ3v) is 6.49. The third kappa shape index (κ3) is 5.32. The normalized spacial score (nSPS) is 21.9. The summed E-state index contributed by atoms with van der Waals surface area (Å²) in [6.07, 6.45) is 16.6. The highest BCUT2D eigenvalue weighted by Crippen LogP contribution is 2.43. The van der Waals surface area contributed by atoms with Gasteiger partial charge in [0.05, 0.1) is 19.1 Å². The fourth-order valence-electron chi connectivity index (χ4n) is 4.58. The Morgan fingerprint density at radius 3 is 2.41 bits per heavy atom. The summed E-state index contributed by atoms with van der Waals surface area (Å²) in [6, 6.07) is 7.98. The van der Waals surface area contributed by atoms with Crippen LogP contribution >= 0.6 is 0 Å². The fraction of sp³-hybridized carbons (Fsp3) is 0.577. The quantitative estimate of drug-likeness (QED) is 0.345. The number of esters is 1. The van der Waals surface area contributed by atoms with Crippen LogP contribution in [0.5, 0.6) is 5.75 Å². The molecule has 0 aliphatic heterocycles. The summed E-state index contributed by atoms with van der Waals surface area (Å²) < 4.78 is 11.1. The molecule has 0 radical (unpaired) electrons. The molecule has 0 heterocycles. The van der Waals surface area contributed by atoms with E-state index in [0.29, 0.717) is 6.61 Å². The maximum atomic E-state index is 13.3. The molecule has 29 heavy (non-hydrogen) atoms. The predicted molar refractivity (Wildman–Crippen MR) is 118 cm³/mol. The summed E-state index contributed by atoms with van der Waals surface area (Å²) in [5.41, 5.74) is 3.43. The van der Waals surface area contributed by atoms with Gasteiger partial charge in [0.1, 0.15) is 5.75 Å². The van der Waals surface area contributed by atoms with Crippen LogP contribution in [0.4, 0.5) is 0 Å². The Kier molecular flexibility index (Phi) is 7.97. The van der Waals surface area contributed by atoms with Crippen LogP contribution in [-0.2, 0) is 14.9 Å². The van der Waals surface area contributed by atoms with Gasteiger partial charge in [-0.15, -0.1) is 0 Å². The molecule has 3 nitrogen and oxygen atoms in total. The lowest BCUT2D eigenvalue weighted by atomic mass is 9.69. The van der Waals surface area contributed by atoms with Crippen molar-refractivity contribution >= 4 is 5.97 Å². The van der Waals surface area contributed by atoms with Gasteiger partial charge in [0.15, 0.2) is 0 Å². The minimum absolute atomic E-state index is 0.0629. The first-order chi connectivity index (χ1) is 14.2. The molecule has 2 aliphatic carbocycles. The molecule has 158 valence electrons. The molecule has 1 unspecified atom stereocenters. The summed E-state index contributed by atoms with van der Waals surface area (Å²) in [5, 5.41) is 0. The van der Waals surface area contributed by atoms with Gasteiger partial charge in [0, 0.05) is 0 Å². The molecule has 1 aromatic carbocycles. The molecular formula is C26H36O3. The number of allylic oxidation sites excluding steroid dienone is 4. The molecule has 0 saturated carbocycles. The number of hydrogen-bond donors (Lipinski definition) is 0. The third-order valence-electron chi connectivity index (χ3n) is 6.49. The zero-order valence-corrected chi connectivity index (χ0v) is 18.2. The smallest absolute Gasteiger partial charge is 0.316 e. The summed E-state index contributed by atoms with van der Waals surface area (Å²) in [6.45, 7) is 2.72. The molecule has 0 bridgehead atoms. The van der Waals surface area contributed by atoms with E-state index in [-0.39, 0.29) is 5.97 Å². The van der Waals surface area contributed by atoms with E-state index in [1.165, 1.54) is 49.7 Å². The molecule has 3 heteroatoms. The summed E-state index contributed by atoms with van der Waals surface area (Å²) >= 11 is 0. The molecule has 0 spiro atoms. The largest absolute Gasteiger partial charge is 0.497 e. The summed E-state index contributed by atoms with van der Waals surface area (Å²) in [4.78, 5) is 13.3. The van der Waals surface area contributed by atoms with Gasteiger partial charge in [-0.1, -0.05) is 50.5 Å².